The second-order valence-electron chi connectivity index (χ2n) is 6.85. The van der Waals surface area contributed by atoms with Crippen molar-refractivity contribution in [1.29, 1.82) is 0 Å². The molecule has 6 heteroatoms. The second kappa shape index (κ2) is 7.17. The van der Waals surface area contributed by atoms with Gasteiger partial charge in [-0.3, -0.25) is 0 Å². The quantitative estimate of drug-likeness (QED) is 0.480. The van der Waals surface area contributed by atoms with Gasteiger partial charge in [0.15, 0.2) is 0 Å². The van der Waals surface area contributed by atoms with Crippen molar-refractivity contribution in [3.05, 3.63) is 70.6 Å². The number of hydrogen-bond acceptors (Lipinski definition) is 4. The molecule has 0 saturated carbocycles. The highest BCUT2D eigenvalue weighted by atomic mass is 35.5. The van der Waals surface area contributed by atoms with E-state index >= 15 is 0 Å². The van der Waals surface area contributed by atoms with Crippen LogP contribution in [0, 0.1) is 20.8 Å². The molecule has 0 bridgehead atoms. The van der Waals surface area contributed by atoms with Gasteiger partial charge in [0.05, 0.1) is 17.5 Å². The molecule has 0 radical (unpaired) electrons. The fraction of sp³-hybridized carbons (Fsp3) is 0.182. The molecule has 2 aromatic heterocycles. The van der Waals surface area contributed by atoms with Gasteiger partial charge in [-0.15, -0.1) is 0 Å². The molecule has 4 aromatic rings. The van der Waals surface area contributed by atoms with E-state index in [0.717, 1.165) is 33.8 Å². The topological polar surface area (TPSA) is 52.0 Å². The van der Waals surface area contributed by atoms with E-state index in [1.54, 1.807) is 13.4 Å². The van der Waals surface area contributed by atoms with Crippen molar-refractivity contribution >= 4 is 34.1 Å². The van der Waals surface area contributed by atoms with Gasteiger partial charge in [-0.2, -0.15) is 0 Å². The SMILES string of the molecule is COc1ccc(Nc2ncnc3c2c(C)cn3-c2ccc(C)c(C)c2)cc1Cl. The normalized spacial score (nSPS) is 11.0. The summed E-state index contributed by atoms with van der Waals surface area (Å²) < 4.78 is 7.32. The molecule has 0 aliphatic heterocycles. The zero-order valence-electron chi connectivity index (χ0n) is 16.2. The van der Waals surface area contributed by atoms with E-state index in [1.807, 2.05) is 18.2 Å². The van der Waals surface area contributed by atoms with Crippen LogP contribution in [0.25, 0.3) is 16.7 Å². The molecule has 28 heavy (non-hydrogen) atoms. The van der Waals surface area contributed by atoms with Crippen LogP contribution >= 0.6 is 11.6 Å². The minimum Gasteiger partial charge on any atom is -0.495 e. The summed E-state index contributed by atoms with van der Waals surface area (Å²) in [6, 6.07) is 12.0. The van der Waals surface area contributed by atoms with Crippen molar-refractivity contribution < 1.29 is 4.74 Å². The maximum Gasteiger partial charge on any atom is 0.150 e. The molecule has 0 aliphatic rings. The molecule has 0 unspecified atom stereocenters. The highest BCUT2D eigenvalue weighted by Crippen LogP contribution is 2.32. The summed E-state index contributed by atoms with van der Waals surface area (Å²) in [6.45, 7) is 6.30. The number of fused-ring (bicyclic) bond motifs is 1. The maximum atomic E-state index is 6.26. The summed E-state index contributed by atoms with van der Waals surface area (Å²) in [4.78, 5) is 9.01. The summed E-state index contributed by atoms with van der Waals surface area (Å²) in [7, 11) is 1.60. The molecule has 0 aliphatic carbocycles. The molecule has 0 fully saturated rings. The Morgan fingerprint density at radius 1 is 0.964 bits per heavy atom. The molecule has 0 amide bonds. The van der Waals surface area contributed by atoms with Crippen LogP contribution in [-0.4, -0.2) is 21.6 Å². The molecular formula is C22H21ClN4O. The average Bonchev–Trinajstić information content (AvgIpc) is 3.02. The van der Waals surface area contributed by atoms with Crippen molar-refractivity contribution in [2.24, 2.45) is 0 Å². The first kappa shape index (κ1) is 18.3. The van der Waals surface area contributed by atoms with Crippen molar-refractivity contribution in [3.8, 4) is 11.4 Å². The van der Waals surface area contributed by atoms with Crippen LogP contribution in [-0.2, 0) is 0 Å². The number of rotatable bonds is 4. The molecule has 5 nitrogen and oxygen atoms in total. The maximum absolute atomic E-state index is 6.26. The highest BCUT2D eigenvalue weighted by Gasteiger charge is 2.14. The van der Waals surface area contributed by atoms with E-state index in [0.29, 0.717) is 10.8 Å². The first-order valence-electron chi connectivity index (χ1n) is 8.99. The van der Waals surface area contributed by atoms with Crippen molar-refractivity contribution in [3.63, 3.8) is 0 Å². The number of anilines is 2. The third-order valence-electron chi connectivity index (χ3n) is 4.96. The Morgan fingerprint density at radius 3 is 2.50 bits per heavy atom. The lowest BCUT2D eigenvalue weighted by molar-refractivity contribution is 0.415. The molecule has 4 rings (SSSR count). The van der Waals surface area contributed by atoms with Crippen LogP contribution in [0.3, 0.4) is 0 Å². The Hall–Kier alpha value is -3.05. The lowest BCUT2D eigenvalue weighted by Gasteiger charge is -2.10. The van der Waals surface area contributed by atoms with E-state index < -0.39 is 0 Å². The predicted octanol–water partition coefficient (Wildman–Crippen LogP) is 5.75. The number of hydrogen-bond donors (Lipinski definition) is 1. The second-order valence-corrected chi connectivity index (χ2v) is 7.25. The summed E-state index contributed by atoms with van der Waals surface area (Å²) in [5.74, 6) is 1.38. The molecule has 1 N–H and O–H groups in total. The first-order valence-corrected chi connectivity index (χ1v) is 9.36. The average molecular weight is 393 g/mol. The van der Waals surface area contributed by atoms with Gasteiger partial charge in [-0.05, 0) is 67.8 Å². The van der Waals surface area contributed by atoms with Crippen LogP contribution in [0.4, 0.5) is 11.5 Å². The molecule has 2 heterocycles. The van der Waals surface area contributed by atoms with Gasteiger partial charge in [0.25, 0.3) is 0 Å². The lowest BCUT2D eigenvalue weighted by Crippen LogP contribution is -1.99. The third kappa shape index (κ3) is 3.18. The van der Waals surface area contributed by atoms with Crippen LogP contribution in [0.2, 0.25) is 5.02 Å². The summed E-state index contributed by atoms with van der Waals surface area (Å²) in [5.41, 5.74) is 6.39. The van der Waals surface area contributed by atoms with Crippen molar-refractivity contribution in [2.75, 3.05) is 12.4 Å². The fourth-order valence-corrected chi connectivity index (χ4v) is 3.55. The Labute approximate surface area is 169 Å². The Kier molecular flexibility index (Phi) is 4.69. The van der Waals surface area contributed by atoms with Crippen LogP contribution < -0.4 is 10.1 Å². The Bertz CT molecular complexity index is 1180. The number of halogens is 1. The standard InChI is InChI=1S/C22H21ClN4O/c1-13-5-7-17(9-14(13)2)27-11-15(3)20-21(24-12-25-22(20)27)26-16-6-8-19(28-4)18(23)10-16/h5-12H,1-4H3,(H,24,25,26). The highest BCUT2D eigenvalue weighted by molar-refractivity contribution is 6.32. The van der Waals surface area contributed by atoms with Gasteiger partial charge < -0.3 is 14.6 Å². The predicted molar refractivity (Wildman–Crippen MR) is 114 cm³/mol. The fourth-order valence-electron chi connectivity index (χ4n) is 3.29. The zero-order chi connectivity index (χ0) is 19.8. The molecule has 142 valence electrons. The minimum atomic E-state index is 0.544. The number of nitrogens with zero attached hydrogens (tertiary/aromatic N) is 3. The van der Waals surface area contributed by atoms with Crippen molar-refractivity contribution in [2.45, 2.75) is 20.8 Å². The van der Waals surface area contributed by atoms with Crippen LogP contribution in [0.15, 0.2) is 48.9 Å². The van der Waals surface area contributed by atoms with Crippen LogP contribution in [0.5, 0.6) is 5.75 Å². The van der Waals surface area contributed by atoms with Gasteiger partial charge in [-0.1, -0.05) is 17.7 Å². The Balaban J connectivity index is 1.80. The summed E-state index contributed by atoms with van der Waals surface area (Å²) in [6.07, 6.45) is 3.67. The Morgan fingerprint density at radius 2 is 1.79 bits per heavy atom. The largest absolute Gasteiger partial charge is 0.495 e. The van der Waals surface area contributed by atoms with E-state index in [2.05, 4.69) is 65.0 Å². The molecule has 2 aromatic carbocycles. The van der Waals surface area contributed by atoms with Gasteiger partial charge in [-0.25, -0.2) is 9.97 Å². The molecule has 0 spiro atoms. The van der Waals surface area contributed by atoms with E-state index in [4.69, 9.17) is 16.3 Å². The third-order valence-corrected chi connectivity index (χ3v) is 5.25. The lowest BCUT2D eigenvalue weighted by atomic mass is 10.1. The molecular weight excluding hydrogens is 372 g/mol. The van der Waals surface area contributed by atoms with Crippen molar-refractivity contribution in [1.82, 2.24) is 14.5 Å². The van der Waals surface area contributed by atoms with Crippen LogP contribution in [0.1, 0.15) is 16.7 Å². The number of nitrogens with one attached hydrogen (secondary N) is 1. The smallest absolute Gasteiger partial charge is 0.150 e. The van der Waals surface area contributed by atoms with E-state index in [-0.39, 0.29) is 0 Å². The van der Waals surface area contributed by atoms with Gasteiger partial charge in [0.1, 0.15) is 23.5 Å². The van der Waals surface area contributed by atoms with E-state index in [9.17, 15) is 0 Å². The monoisotopic (exact) mass is 392 g/mol. The van der Waals surface area contributed by atoms with E-state index in [1.165, 1.54) is 11.1 Å². The number of methoxy groups -OCH3 is 1. The van der Waals surface area contributed by atoms with Gasteiger partial charge in [0.2, 0.25) is 0 Å². The number of aromatic nitrogens is 3. The summed E-state index contributed by atoms with van der Waals surface area (Å²) >= 11 is 6.26. The first-order chi connectivity index (χ1) is 13.5. The number of ether oxygens (including phenoxy) is 1. The zero-order valence-corrected chi connectivity index (χ0v) is 17.0. The number of aryl methyl sites for hydroxylation is 3. The van der Waals surface area contributed by atoms with Gasteiger partial charge in [0, 0.05) is 17.6 Å². The number of benzene rings is 2. The minimum absolute atomic E-state index is 0.544. The molecule has 0 atom stereocenters. The van der Waals surface area contributed by atoms with Gasteiger partial charge >= 0.3 is 0 Å². The molecule has 0 saturated heterocycles. The summed E-state index contributed by atoms with van der Waals surface area (Å²) in [5, 5.41) is 4.88.